The lowest BCUT2D eigenvalue weighted by Crippen LogP contribution is -2.12. The first-order valence-electron chi connectivity index (χ1n) is 4.95. The second kappa shape index (κ2) is 5.28. The fourth-order valence-electron chi connectivity index (χ4n) is 1.19. The van der Waals surface area contributed by atoms with Gasteiger partial charge in [-0.2, -0.15) is 0 Å². The maximum Gasteiger partial charge on any atom is 0.178 e. The summed E-state index contributed by atoms with van der Waals surface area (Å²) in [7, 11) is -3.18. The van der Waals surface area contributed by atoms with Gasteiger partial charge in [-0.25, -0.2) is 8.42 Å². The molecule has 1 rings (SSSR count). The van der Waals surface area contributed by atoms with Gasteiger partial charge in [0, 0.05) is 6.61 Å². The van der Waals surface area contributed by atoms with Gasteiger partial charge in [0.2, 0.25) is 0 Å². The standard InChI is InChI=1S/C11H16O3S/c1-10(9-12)7-8-15(13,14)11-5-3-2-4-6-11/h2-6,10,12H,7-9H2,1H3/t10-/m0/s1. The molecule has 0 aliphatic carbocycles. The highest BCUT2D eigenvalue weighted by molar-refractivity contribution is 7.91. The fourth-order valence-corrected chi connectivity index (χ4v) is 2.71. The molecule has 0 saturated heterocycles. The Morgan fingerprint density at radius 1 is 1.27 bits per heavy atom. The van der Waals surface area contributed by atoms with Gasteiger partial charge in [-0.05, 0) is 24.5 Å². The minimum Gasteiger partial charge on any atom is -0.396 e. The number of sulfone groups is 1. The molecule has 0 saturated carbocycles. The predicted molar refractivity (Wildman–Crippen MR) is 59.4 cm³/mol. The summed E-state index contributed by atoms with van der Waals surface area (Å²) >= 11 is 0. The Hall–Kier alpha value is -0.870. The average Bonchev–Trinajstić information content (AvgIpc) is 2.27. The van der Waals surface area contributed by atoms with Gasteiger partial charge >= 0.3 is 0 Å². The van der Waals surface area contributed by atoms with Crippen LogP contribution in [0.15, 0.2) is 35.2 Å². The molecule has 0 amide bonds. The normalized spacial score (nSPS) is 13.7. The second-order valence-corrected chi connectivity index (χ2v) is 5.82. The summed E-state index contributed by atoms with van der Waals surface area (Å²) in [5.74, 6) is 0.127. The number of hydrogen-bond donors (Lipinski definition) is 1. The van der Waals surface area contributed by atoms with Crippen molar-refractivity contribution in [3.63, 3.8) is 0 Å². The Balaban J connectivity index is 2.69. The summed E-state index contributed by atoms with van der Waals surface area (Å²) in [4.78, 5) is 0.357. The SMILES string of the molecule is C[C@H](CO)CCS(=O)(=O)c1ccccc1. The van der Waals surface area contributed by atoms with Gasteiger partial charge < -0.3 is 5.11 Å². The minimum atomic E-state index is -3.18. The first kappa shape index (κ1) is 12.2. The van der Waals surface area contributed by atoms with Crippen LogP contribution in [-0.2, 0) is 9.84 Å². The van der Waals surface area contributed by atoms with Crippen molar-refractivity contribution in [2.24, 2.45) is 5.92 Å². The maximum absolute atomic E-state index is 11.8. The van der Waals surface area contributed by atoms with Crippen molar-refractivity contribution in [1.29, 1.82) is 0 Å². The molecular formula is C11H16O3S. The zero-order valence-electron chi connectivity index (χ0n) is 8.76. The molecule has 15 heavy (non-hydrogen) atoms. The zero-order chi connectivity index (χ0) is 11.3. The van der Waals surface area contributed by atoms with E-state index >= 15 is 0 Å². The van der Waals surface area contributed by atoms with Crippen molar-refractivity contribution in [2.45, 2.75) is 18.2 Å². The molecule has 0 aliphatic heterocycles. The first-order chi connectivity index (χ1) is 7.06. The van der Waals surface area contributed by atoms with E-state index < -0.39 is 9.84 Å². The van der Waals surface area contributed by atoms with E-state index in [-0.39, 0.29) is 18.3 Å². The first-order valence-corrected chi connectivity index (χ1v) is 6.60. The van der Waals surface area contributed by atoms with Crippen LogP contribution in [0.2, 0.25) is 0 Å². The lowest BCUT2D eigenvalue weighted by atomic mass is 10.1. The van der Waals surface area contributed by atoms with Gasteiger partial charge in [0.25, 0.3) is 0 Å². The van der Waals surface area contributed by atoms with Crippen molar-refractivity contribution < 1.29 is 13.5 Å². The van der Waals surface area contributed by atoms with Crippen LogP contribution >= 0.6 is 0 Å². The Labute approximate surface area is 90.7 Å². The molecule has 1 aromatic carbocycles. The summed E-state index contributed by atoms with van der Waals surface area (Å²) in [6, 6.07) is 8.40. The molecule has 0 heterocycles. The predicted octanol–water partition coefficient (Wildman–Crippen LogP) is 1.48. The van der Waals surface area contributed by atoms with Crippen molar-refractivity contribution >= 4 is 9.84 Å². The molecule has 1 aromatic rings. The highest BCUT2D eigenvalue weighted by Crippen LogP contribution is 2.13. The summed E-state index contributed by atoms with van der Waals surface area (Å²) in [6.07, 6.45) is 0.494. The molecule has 0 aliphatic rings. The smallest absolute Gasteiger partial charge is 0.178 e. The highest BCUT2D eigenvalue weighted by atomic mass is 32.2. The zero-order valence-corrected chi connectivity index (χ0v) is 9.57. The van der Waals surface area contributed by atoms with Gasteiger partial charge in [-0.3, -0.25) is 0 Å². The van der Waals surface area contributed by atoms with E-state index in [2.05, 4.69) is 0 Å². The van der Waals surface area contributed by atoms with Crippen molar-refractivity contribution in [3.8, 4) is 0 Å². The van der Waals surface area contributed by atoms with E-state index in [0.29, 0.717) is 11.3 Å². The van der Waals surface area contributed by atoms with Crippen LogP contribution in [0, 0.1) is 5.92 Å². The molecule has 0 unspecified atom stereocenters. The average molecular weight is 228 g/mol. The lowest BCUT2D eigenvalue weighted by Gasteiger charge is -2.08. The third-order valence-electron chi connectivity index (χ3n) is 2.29. The number of rotatable bonds is 5. The molecule has 0 bridgehead atoms. The molecule has 0 spiro atoms. The van der Waals surface area contributed by atoms with Crippen LogP contribution in [0.3, 0.4) is 0 Å². The maximum atomic E-state index is 11.8. The molecular weight excluding hydrogens is 212 g/mol. The van der Waals surface area contributed by atoms with Crippen LogP contribution < -0.4 is 0 Å². The fraction of sp³-hybridized carbons (Fsp3) is 0.455. The van der Waals surface area contributed by atoms with Crippen LogP contribution in [0.4, 0.5) is 0 Å². The molecule has 0 radical (unpaired) electrons. The molecule has 84 valence electrons. The molecule has 3 nitrogen and oxygen atoms in total. The van der Waals surface area contributed by atoms with E-state index in [1.165, 1.54) is 0 Å². The van der Waals surface area contributed by atoms with Gasteiger partial charge in [-0.15, -0.1) is 0 Å². The van der Waals surface area contributed by atoms with Crippen molar-refractivity contribution in [3.05, 3.63) is 30.3 Å². The van der Waals surface area contributed by atoms with Crippen LogP contribution in [-0.4, -0.2) is 25.9 Å². The van der Waals surface area contributed by atoms with Gasteiger partial charge in [0.05, 0.1) is 10.6 Å². The topological polar surface area (TPSA) is 54.4 Å². The molecule has 1 atom stereocenters. The third-order valence-corrected chi connectivity index (χ3v) is 4.06. The van der Waals surface area contributed by atoms with Crippen molar-refractivity contribution in [2.75, 3.05) is 12.4 Å². The Morgan fingerprint density at radius 2 is 1.87 bits per heavy atom. The number of benzene rings is 1. The van der Waals surface area contributed by atoms with Crippen LogP contribution in [0.1, 0.15) is 13.3 Å². The van der Waals surface area contributed by atoms with Gasteiger partial charge in [0.1, 0.15) is 0 Å². The monoisotopic (exact) mass is 228 g/mol. The van der Waals surface area contributed by atoms with E-state index in [1.807, 2.05) is 6.92 Å². The van der Waals surface area contributed by atoms with E-state index in [9.17, 15) is 8.42 Å². The number of aliphatic hydroxyl groups excluding tert-OH is 1. The highest BCUT2D eigenvalue weighted by Gasteiger charge is 2.14. The number of hydrogen-bond acceptors (Lipinski definition) is 3. The van der Waals surface area contributed by atoms with E-state index in [4.69, 9.17) is 5.11 Å². The number of aliphatic hydroxyl groups is 1. The summed E-state index contributed by atoms with van der Waals surface area (Å²) in [6.45, 7) is 1.87. The van der Waals surface area contributed by atoms with Gasteiger partial charge in [-0.1, -0.05) is 25.1 Å². The lowest BCUT2D eigenvalue weighted by molar-refractivity contribution is 0.234. The largest absolute Gasteiger partial charge is 0.396 e. The summed E-state index contributed by atoms with van der Waals surface area (Å²) in [5, 5.41) is 8.81. The summed E-state index contributed by atoms with van der Waals surface area (Å²) < 4.78 is 23.5. The Bertz CT molecular complexity index is 384. The minimum absolute atomic E-state index is 0.0310. The summed E-state index contributed by atoms with van der Waals surface area (Å²) in [5.41, 5.74) is 0. The molecule has 1 N–H and O–H groups in total. The van der Waals surface area contributed by atoms with Crippen LogP contribution in [0.25, 0.3) is 0 Å². The Morgan fingerprint density at radius 3 is 2.40 bits per heavy atom. The van der Waals surface area contributed by atoms with Gasteiger partial charge in [0.15, 0.2) is 9.84 Å². The molecule has 4 heteroatoms. The quantitative estimate of drug-likeness (QED) is 0.830. The molecule has 0 fully saturated rings. The third kappa shape index (κ3) is 3.64. The van der Waals surface area contributed by atoms with Crippen molar-refractivity contribution in [1.82, 2.24) is 0 Å². The molecule has 0 aromatic heterocycles. The van der Waals surface area contributed by atoms with E-state index in [0.717, 1.165) is 0 Å². The Kier molecular flexibility index (Phi) is 4.29. The van der Waals surface area contributed by atoms with E-state index in [1.54, 1.807) is 30.3 Å². The second-order valence-electron chi connectivity index (χ2n) is 3.71. The van der Waals surface area contributed by atoms with Crippen LogP contribution in [0.5, 0.6) is 0 Å².